The Morgan fingerprint density at radius 1 is 1.06 bits per heavy atom. The lowest BCUT2D eigenvalue weighted by molar-refractivity contribution is 0.697. The smallest absolute Gasteiger partial charge is 0.0494 e. The lowest BCUT2D eigenvalue weighted by Gasteiger charge is -2.08. The fourth-order valence-electron chi connectivity index (χ4n) is 2.38. The molecule has 0 fully saturated rings. The van der Waals surface area contributed by atoms with E-state index in [4.69, 9.17) is 0 Å². The summed E-state index contributed by atoms with van der Waals surface area (Å²) in [7, 11) is 0. The third kappa shape index (κ3) is 2.52. The second-order valence-corrected chi connectivity index (χ2v) is 5.81. The van der Waals surface area contributed by atoms with Crippen molar-refractivity contribution >= 4 is 17.0 Å². The summed E-state index contributed by atoms with van der Waals surface area (Å²) in [6.45, 7) is 0.960. The molecule has 2 aromatic rings. The van der Waals surface area contributed by atoms with Crippen LogP contribution < -0.4 is 5.32 Å². The first kappa shape index (κ1) is 10.8. The molecule has 0 spiro atoms. The lowest BCUT2D eigenvalue weighted by atomic mass is 9.99. The lowest BCUT2D eigenvalue weighted by Crippen LogP contribution is -1.97. The molecular formula is C15H17NS. The average Bonchev–Trinajstić information content (AvgIpc) is 2.80. The van der Waals surface area contributed by atoms with Gasteiger partial charge in [0.05, 0.1) is 0 Å². The summed E-state index contributed by atoms with van der Waals surface area (Å²) >= 11 is 1.99. The van der Waals surface area contributed by atoms with Crippen molar-refractivity contribution in [2.24, 2.45) is 0 Å². The maximum atomic E-state index is 3.48. The summed E-state index contributed by atoms with van der Waals surface area (Å²) < 4.78 is 0. The molecule has 3 rings (SSSR count). The average molecular weight is 243 g/mol. The number of hydrogen-bond donors (Lipinski definition) is 1. The Balaban J connectivity index is 1.67. The number of rotatable bonds is 3. The monoisotopic (exact) mass is 243 g/mol. The molecular weight excluding hydrogens is 226 g/mol. The molecule has 1 aromatic heterocycles. The van der Waals surface area contributed by atoms with E-state index in [1.807, 2.05) is 11.3 Å². The van der Waals surface area contributed by atoms with Crippen molar-refractivity contribution < 1.29 is 0 Å². The number of para-hydroxylation sites is 1. The van der Waals surface area contributed by atoms with Gasteiger partial charge in [0.2, 0.25) is 0 Å². The third-order valence-corrected chi connectivity index (χ3v) is 4.53. The van der Waals surface area contributed by atoms with Gasteiger partial charge in [-0.1, -0.05) is 18.2 Å². The van der Waals surface area contributed by atoms with Gasteiger partial charge in [0, 0.05) is 22.0 Å². The van der Waals surface area contributed by atoms with E-state index in [0.29, 0.717) is 0 Å². The van der Waals surface area contributed by atoms with Gasteiger partial charge in [0.15, 0.2) is 0 Å². The van der Waals surface area contributed by atoms with Gasteiger partial charge in [-0.25, -0.2) is 0 Å². The molecule has 1 nitrogen and oxygen atoms in total. The van der Waals surface area contributed by atoms with Gasteiger partial charge in [0.25, 0.3) is 0 Å². The fourth-order valence-corrected chi connectivity index (χ4v) is 3.59. The summed E-state index contributed by atoms with van der Waals surface area (Å²) in [6.07, 6.45) is 5.33. The molecule has 1 N–H and O–H groups in total. The Kier molecular flexibility index (Phi) is 3.14. The van der Waals surface area contributed by atoms with Gasteiger partial charge in [-0.3, -0.25) is 0 Å². The molecule has 0 unspecified atom stereocenters. The van der Waals surface area contributed by atoms with Gasteiger partial charge in [0.1, 0.15) is 0 Å². The van der Waals surface area contributed by atoms with Crippen LogP contribution in [0.5, 0.6) is 0 Å². The SMILES string of the molecule is c1ccc(NCc2cc3c(s2)CCCC3)cc1. The summed E-state index contributed by atoms with van der Waals surface area (Å²) in [5.41, 5.74) is 2.81. The van der Waals surface area contributed by atoms with Crippen LogP contribution in [0.3, 0.4) is 0 Å². The predicted molar refractivity (Wildman–Crippen MR) is 74.7 cm³/mol. The first-order valence-electron chi connectivity index (χ1n) is 6.31. The summed E-state index contributed by atoms with van der Waals surface area (Å²) in [5.74, 6) is 0. The first-order chi connectivity index (χ1) is 8.42. The summed E-state index contributed by atoms with van der Waals surface area (Å²) in [6, 6.07) is 12.8. The molecule has 0 atom stereocenters. The Morgan fingerprint density at radius 2 is 1.88 bits per heavy atom. The van der Waals surface area contributed by atoms with E-state index in [9.17, 15) is 0 Å². The molecule has 1 aromatic carbocycles. The zero-order chi connectivity index (χ0) is 11.5. The van der Waals surface area contributed by atoms with Crippen molar-refractivity contribution in [3.63, 3.8) is 0 Å². The minimum absolute atomic E-state index is 0.960. The molecule has 0 radical (unpaired) electrons. The highest BCUT2D eigenvalue weighted by atomic mass is 32.1. The minimum atomic E-state index is 0.960. The van der Waals surface area contributed by atoms with Gasteiger partial charge < -0.3 is 5.32 Å². The number of hydrogen-bond acceptors (Lipinski definition) is 2. The number of aryl methyl sites for hydroxylation is 2. The minimum Gasteiger partial charge on any atom is -0.380 e. The second kappa shape index (κ2) is 4.92. The standard InChI is InChI=1S/C15H17NS/c1-2-7-13(8-3-1)16-11-14-10-12-6-4-5-9-15(12)17-14/h1-3,7-8,10,16H,4-6,9,11H2. The predicted octanol–water partition coefficient (Wildman–Crippen LogP) is 4.24. The molecule has 1 aliphatic carbocycles. The summed E-state index contributed by atoms with van der Waals surface area (Å²) in [5, 5.41) is 3.48. The maximum absolute atomic E-state index is 3.48. The summed E-state index contributed by atoms with van der Waals surface area (Å²) in [4.78, 5) is 3.10. The first-order valence-corrected chi connectivity index (χ1v) is 7.13. The number of nitrogens with one attached hydrogen (secondary N) is 1. The van der Waals surface area contributed by atoms with Crippen LogP contribution in [0.4, 0.5) is 5.69 Å². The molecule has 0 saturated carbocycles. The Morgan fingerprint density at radius 3 is 2.71 bits per heavy atom. The van der Waals surface area contributed by atoms with Gasteiger partial charge in [-0.15, -0.1) is 11.3 Å². The van der Waals surface area contributed by atoms with Crippen LogP contribution in [-0.2, 0) is 19.4 Å². The van der Waals surface area contributed by atoms with Crippen molar-refractivity contribution in [2.45, 2.75) is 32.2 Å². The molecule has 0 aliphatic heterocycles. The van der Waals surface area contributed by atoms with Crippen molar-refractivity contribution in [3.8, 4) is 0 Å². The molecule has 0 bridgehead atoms. The molecule has 1 aliphatic rings. The molecule has 0 amide bonds. The van der Waals surface area contributed by atoms with E-state index in [1.165, 1.54) is 36.2 Å². The molecule has 2 heteroatoms. The van der Waals surface area contributed by atoms with Crippen LogP contribution in [0, 0.1) is 0 Å². The van der Waals surface area contributed by atoms with Crippen LogP contribution in [0.15, 0.2) is 36.4 Å². The normalized spacial score (nSPS) is 14.4. The zero-order valence-electron chi connectivity index (χ0n) is 9.91. The van der Waals surface area contributed by atoms with E-state index in [1.54, 1.807) is 10.4 Å². The highest BCUT2D eigenvalue weighted by Gasteiger charge is 2.12. The number of thiophene rings is 1. The van der Waals surface area contributed by atoms with E-state index in [2.05, 4.69) is 41.7 Å². The van der Waals surface area contributed by atoms with Crippen molar-refractivity contribution in [1.29, 1.82) is 0 Å². The van der Waals surface area contributed by atoms with Crippen molar-refractivity contribution in [3.05, 3.63) is 51.7 Å². The number of benzene rings is 1. The molecule has 0 saturated heterocycles. The van der Waals surface area contributed by atoms with E-state index >= 15 is 0 Å². The maximum Gasteiger partial charge on any atom is 0.0494 e. The molecule has 17 heavy (non-hydrogen) atoms. The van der Waals surface area contributed by atoms with E-state index in [-0.39, 0.29) is 0 Å². The van der Waals surface area contributed by atoms with Crippen molar-refractivity contribution in [2.75, 3.05) is 5.32 Å². The van der Waals surface area contributed by atoms with Crippen LogP contribution in [0.2, 0.25) is 0 Å². The van der Waals surface area contributed by atoms with Crippen LogP contribution >= 0.6 is 11.3 Å². The van der Waals surface area contributed by atoms with Crippen LogP contribution in [-0.4, -0.2) is 0 Å². The van der Waals surface area contributed by atoms with Crippen molar-refractivity contribution in [1.82, 2.24) is 0 Å². The van der Waals surface area contributed by atoms with Crippen LogP contribution in [0.25, 0.3) is 0 Å². The largest absolute Gasteiger partial charge is 0.380 e. The zero-order valence-corrected chi connectivity index (χ0v) is 10.7. The molecule has 1 heterocycles. The van der Waals surface area contributed by atoms with Gasteiger partial charge in [-0.05, 0) is 49.4 Å². The van der Waals surface area contributed by atoms with Gasteiger partial charge in [-0.2, -0.15) is 0 Å². The van der Waals surface area contributed by atoms with Crippen LogP contribution in [0.1, 0.15) is 28.2 Å². The number of anilines is 1. The third-order valence-electron chi connectivity index (χ3n) is 3.29. The topological polar surface area (TPSA) is 12.0 Å². The Bertz CT molecular complexity index is 463. The van der Waals surface area contributed by atoms with E-state index < -0.39 is 0 Å². The highest BCUT2D eigenvalue weighted by Crippen LogP contribution is 2.29. The Hall–Kier alpha value is -1.28. The second-order valence-electron chi connectivity index (χ2n) is 4.59. The molecule has 88 valence electrons. The fraction of sp³-hybridized carbons (Fsp3) is 0.333. The van der Waals surface area contributed by atoms with Gasteiger partial charge >= 0.3 is 0 Å². The Labute approximate surface area is 106 Å². The number of fused-ring (bicyclic) bond motifs is 1. The quantitative estimate of drug-likeness (QED) is 0.850. The van der Waals surface area contributed by atoms with E-state index in [0.717, 1.165) is 6.54 Å². The highest BCUT2D eigenvalue weighted by molar-refractivity contribution is 7.12.